The monoisotopic (exact) mass is 728 g/mol. The van der Waals surface area contributed by atoms with Crippen molar-refractivity contribution in [1.82, 2.24) is 4.57 Å². The maximum Gasteiger partial charge on any atom is 0.138 e. The van der Waals surface area contributed by atoms with Gasteiger partial charge >= 0.3 is 0 Å². The number of aromatic nitrogens is 1. The van der Waals surface area contributed by atoms with Gasteiger partial charge in [-0.3, -0.25) is 0 Å². The van der Waals surface area contributed by atoms with E-state index in [4.69, 9.17) is 4.42 Å². The molecule has 0 aliphatic carbocycles. The van der Waals surface area contributed by atoms with Crippen molar-refractivity contribution in [3.63, 3.8) is 0 Å². The molecule has 0 aliphatic rings. The van der Waals surface area contributed by atoms with Gasteiger partial charge in [0.1, 0.15) is 11.2 Å². The van der Waals surface area contributed by atoms with Crippen LogP contribution in [0.4, 0.5) is 17.1 Å². The molecule has 0 radical (unpaired) electrons. The molecule has 0 saturated heterocycles. The zero-order chi connectivity index (χ0) is 37.7. The van der Waals surface area contributed by atoms with Crippen molar-refractivity contribution in [1.29, 1.82) is 0 Å². The van der Waals surface area contributed by atoms with E-state index in [1.165, 1.54) is 38.6 Å². The molecule has 0 aliphatic heterocycles. The Bertz CT molecular complexity index is 3180. The fraction of sp³-hybridized carbons (Fsp3) is 0. The maximum absolute atomic E-state index is 6.70. The van der Waals surface area contributed by atoms with E-state index in [2.05, 4.69) is 228 Å². The molecule has 2 heterocycles. The number of hydrogen-bond donors (Lipinski definition) is 0. The molecular formula is C54H36N2O. The van der Waals surface area contributed by atoms with E-state index in [0.29, 0.717) is 0 Å². The zero-order valence-electron chi connectivity index (χ0n) is 31.1. The van der Waals surface area contributed by atoms with Crippen LogP contribution in [0.25, 0.3) is 82.8 Å². The van der Waals surface area contributed by atoms with Crippen LogP contribution in [0.1, 0.15) is 0 Å². The van der Waals surface area contributed by atoms with Crippen LogP contribution in [0.3, 0.4) is 0 Å². The molecule has 0 fully saturated rings. The lowest BCUT2D eigenvalue weighted by Gasteiger charge is -2.26. The molecule has 0 atom stereocenters. The summed E-state index contributed by atoms with van der Waals surface area (Å²) in [5.41, 5.74) is 15.4. The summed E-state index contributed by atoms with van der Waals surface area (Å²) in [5, 5.41) is 4.59. The standard InChI is InChI=1S/C54H36N2O/c1-5-15-37(16-6-1)39-25-27-41(28-26-39)52-53-47-35-45(55(42-19-9-3-10-20-42)44-31-29-40(30-32-44)38-17-7-2-8-18-38)33-34-48(47)56(43-21-11-4-12-22-43)49(53)36-51-54(52)46-23-13-14-24-50(46)57-51/h1-36H. The molecule has 3 nitrogen and oxygen atoms in total. The van der Waals surface area contributed by atoms with Crippen LogP contribution < -0.4 is 4.90 Å². The highest BCUT2D eigenvalue weighted by molar-refractivity contribution is 6.27. The minimum Gasteiger partial charge on any atom is -0.456 e. The Hall–Kier alpha value is -7.62. The maximum atomic E-state index is 6.70. The molecule has 3 heteroatoms. The molecule has 0 amide bonds. The second-order valence-electron chi connectivity index (χ2n) is 14.5. The van der Waals surface area contributed by atoms with Crippen LogP contribution in [-0.4, -0.2) is 4.57 Å². The fourth-order valence-corrected chi connectivity index (χ4v) is 8.57. The van der Waals surface area contributed by atoms with Gasteiger partial charge in [0.05, 0.1) is 11.0 Å². The molecule has 0 spiro atoms. The van der Waals surface area contributed by atoms with E-state index in [1.54, 1.807) is 0 Å². The first kappa shape index (κ1) is 32.8. The highest BCUT2D eigenvalue weighted by Gasteiger charge is 2.24. The Labute approximate surface area is 330 Å². The summed E-state index contributed by atoms with van der Waals surface area (Å²) in [6.07, 6.45) is 0. The molecular weight excluding hydrogens is 693 g/mol. The van der Waals surface area contributed by atoms with Crippen molar-refractivity contribution in [2.75, 3.05) is 4.90 Å². The lowest BCUT2D eigenvalue weighted by Crippen LogP contribution is -2.09. The number of fused-ring (bicyclic) bond motifs is 6. The van der Waals surface area contributed by atoms with Gasteiger partial charge in [0, 0.05) is 55.9 Å². The first-order chi connectivity index (χ1) is 28.3. The van der Waals surface area contributed by atoms with E-state index in [1.807, 2.05) is 0 Å². The minimum absolute atomic E-state index is 0.871. The van der Waals surface area contributed by atoms with Gasteiger partial charge in [-0.25, -0.2) is 0 Å². The summed E-state index contributed by atoms with van der Waals surface area (Å²) < 4.78 is 9.09. The third-order valence-electron chi connectivity index (χ3n) is 11.2. The number of para-hydroxylation sites is 3. The SMILES string of the molecule is c1ccc(-c2ccc(-c3c4c(cc5c3c3cc(N(c6ccccc6)c6ccc(-c7ccccc7)cc6)ccc3n5-c3ccccc3)oc3ccccc34)cc2)cc1. The highest BCUT2D eigenvalue weighted by Crippen LogP contribution is 2.48. The van der Waals surface area contributed by atoms with Crippen molar-refractivity contribution >= 4 is 60.8 Å². The van der Waals surface area contributed by atoms with Crippen LogP contribution in [-0.2, 0) is 0 Å². The van der Waals surface area contributed by atoms with E-state index < -0.39 is 0 Å². The van der Waals surface area contributed by atoms with Crippen molar-refractivity contribution in [3.05, 3.63) is 218 Å². The lowest BCUT2D eigenvalue weighted by molar-refractivity contribution is 0.669. The lowest BCUT2D eigenvalue weighted by atomic mass is 9.93. The van der Waals surface area contributed by atoms with E-state index >= 15 is 0 Å². The van der Waals surface area contributed by atoms with Gasteiger partial charge in [-0.05, 0) is 88.5 Å². The first-order valence-corrected chi connectivity index (χ1v) is 19.4. The minimum atomic E-state index is 0.871. The zero-order valence-corrected chi connectivity index (χ0v) is 31.1. The molecule has 11 rings (SSSR count). The van der Waals surface area contributed by atoms with Crippen molar-refractivity contribution in [3.8, 4) is 39.1 Å². The second-order valence-corrected chi connectivity index (χ2v) is 14.5. The summed E-state index contributed by atoms with van der Waals surface area (Å²) in [7, 11) is 0. The molecule has 0 N–H and O–H groups in total. The predicted molar refractivity (Wildman–Crippen MR) is 239 cm³/mol. The molecule has 2 aromatic heterocycles. The van der Waals surface area contributed by atoms with Crippen LogP contribution in [0.15, 0.2) is 223 Å². The summed E-state index contributed by atoms with van der Waals surface area (Å²) in [4.78, 5) is 2.36. The van der Waals surface area contributed by atoms with E-state index in [-0.39, 0.29) is 0 Å². The molecule has 0 saturated carbocycles. The van der Waals surface area contributed by atoms with Crippen LogP contribution in [0, 0.1) is 0 Å². The highest BCUT2D eigenvalue weighted by atomic mass is 16.3. The smallest absolute Gasteiger partial charge is 0.138 e. The number of rotatable bonds is 7. The molecule has 0 bridgehead atoms. The Balaban J connectivity index is 1.21. The topological polar surface area (TPSA) is 21.3 Å². The van der Waals surface area contributed by atoms with Crippen molar-refractivity contribution in [2.24, 2.45) is 0 Å². The summed E-state index contributed by atoms with van der Waals surface area (Å²) in [6.45, 7) is 0. The van der Waals surface area contributed by atoms with Gasteiger partial charge < -0.3 is 13.9 Å². The molecule has 9 aromatic carbocycles. The molecule has 0 unspecified atom stereocenters. The first-order valence-electron chi connectivity index (χ1n) is 19.4. The van der Waals surface area contributed by atoms with Crippen LogP contribution in [0.2, 0.25) is 0 Å². The Morgan fingerprint density at radius 2 is 0.842 bits per heavy atom. The number of hydrogen-bond acceptors (Lipinski definition) is 2. The van der Waals surface area contributed by atoms with Gasteiger partial charge in [-0.1, -0.05) is 152 Å². The average Bonchev–Trinajstić information content (AvgIpc) is 3.82. The Morgan fingerprint density at radius 1 is 0.333 bits per heavy atom. The fourth-order valence-electron chi connectivity index (χ4n) is 8.57. The Morgan fingerprint density at radius 3 is 1.51 bits per heavy atom. The third kappa shape index (κ3) is 5.60. The summed E-state index contributed by atoms with van der Waals surface area (Å²) in [6, 6.07) is 78.0. The van der Waals surface area contributed by atoms with Gasteiger partial charge in [-0.2, -0.15) is 0 Å². The number of anilines is 3. The Kier molecular flexibility index (Phi) is 7.82. The third-order valence-corrected chi connectivity index (χ3v) is 11.2. The van der Waals surface area contributed by atoms with Crippen LogP contribution in [0.5, 0.6) is 0 Å². The quantitative estimate of drug-likeness (QED) is 0.163. The largest absolute Gasteiger partial charge is 0.456 e. The summed E-state index contributed by atoms with van der Waals surface area (Å²) in [5.74, 6) is 0. The predicted octanol–water partition coefficient (Wildman–Crippen LogP) is 15.2. The van der Waals surface area contributed by atoms with Crippen LogP contribution >= 0.6 is 0 Å². The van der Waals surface area contributed by atoms with Gasteiger partial charge in [-0.15, -0.1) is 0 Å². The number of nitrogens with zero attached hydrogens (tertiary/aromatic N) is 2. The second kappa shape index (κ2) is 13.6. The molecule has 268 valence electrons. The normalized spacial score (nSPS) is 11.5. The number of furan rings is 1. The average molecular weight is 729 g/mol. The van der Waals surface area contributed by atoms with E-state index in [9.17, 15) is 0 Å². The van der Waals surface area contributed by atoms with Crippen molar-refractivity contribution < 1.29 is 4.42 Å². The summed E-state index contributed by atoms with van der Waals surface area (Å²) >= 11 is 0. The van der Waals surface area contributed by atoms with Gasteiger partial charge in [0.2, 0.25) is 0 Å². The van der Waals surface area contributed by atoms with Gasteiger partial charge in [0.15, 0.2) is 0 Å². The van der Waals surface area contributed by atoms with Gasteiger partial charge in [0.25, 0.3) is 0 Å². The van der Waals surface area contributed by atoms with Crippen molar-refractivity contribution in [2.45, 2.75) is 0 Å². The molecule has 57 heavy (non-hydrogen) atoms. The van der Waals surface area contributed by atoms with E-state index in [0.717, 1.165) is 61.3 Å². The molecule has 11 aromatic rings. The number of benzene rings is 9.